The number of nitrogens with zero attached hydrogens (tertiary/aromatic N) is 2. The molecule has 82 valence electrons. The summed E-state index contributed by atoms with van der Waals surface area (Å²) >= 11 is 0. The van der Waals surface area contributed by atoms with Crippen LogP contribution in [0.4, 0.5) is 0 Å². The molecule has 0 aliphatic carbocycles. The first kappa shape index (κ1) is 11.6. The van der Waals surface area contributed by atoms with Crippen molar-refractivity contribution in [2.24, 2.45) is 5.92 Å². The zero-order chi connectivity index (χ0) is 11.3. The smallest absolute Gasteiger partial charge is 0.357 e. The highest BCUT2D eigenvalue weighted by Gasteiger charge is 2.09. The number of carbonyl (C=O) groups is 1. The average Bonchev–Trinajstić information content (AvgIpc) is 2.17. The highest BCUT2D eigenvalue weighted by molar-refractivity contribution is 5.87. The van der Waals surface area contributed by atoms with Crippen LogP contribution in [0.25, 0.3) is 0 Å². The zero-order valence-electron chi connectivity index (χ0n) is 9.36. The maximum atomic E-state index is 11.4. The van der Waals surface area contributed by atoms with E-state index in [1.807, 2.05) is 0 Å². The second kappa shape index (κ2) is 5.44. The van der Waals surface area contributed by atoms with Gasteiger partial charge in [-0.3, -0.25) is 0 Å². The van der Waals surface area contributed by atoms with E-state index in [9.17, 15) is 4.79 Å². The summed E-state index contributed by atoms with van der Waals surface area (Å²) in [6.45, 7) is 6.30. The van der Waals surface area contributed by atoms with Crippen molar-refractivity contribution < 1.29 is 9.53 Å². The Kier molecular flexibility index (Phi) is 4.21. The summed E-state index contributed by atoms with van der Waals surface area (Å²) in [6.07, 6.45) is 2.37. The molecule has 1 rings (SSSR count). The average molecular weight is 208 g/mol. The molecule has 0 saturated carbocycles. The van der Waals surface area contributed by atoms with Crippen molar-refractivity contribution in [2.75, 3.05) is 6.61 Å². The van der Waals surface area contributed by atoms with Crippen LogP contribution in [0.15, 0.2) is 12.3 Å². The monoisotopic (exact) mass is 208 g/mol. The van der Waals surface area contributed by atoms with Crippen LogP contribution >= 0.6 is 0 Å². The van der Waals surface area contributed by atoms with Gasteiger partial charge in [0, 0.05) is 12.6 Å². The predicted molar refractivity (Wildman–Crippen MR) is 56.5 cm³/mol. The summed E-state index contributed by atoms with van der Waals surface area (Å²) in [6, 6.07) is 1.57. The van der Waals surface area contributed by atoms with Gasteiger partial charge in [0.1, 0.15) is 5.82 Å². The molecular formula is C11H16N2O2. The number of hydrogen-bond acceptors (Lipinski definition) is 4. The third-order valence-electron chi connectivity index (χ3n) is 1.78. The molecule has 0 saturated heterocycles. The summed E-state index contributed by atoms with van der Waals surface area (Å²) in [4.78, 5) is 19.6. The highest BCUT2D eigenvalue weighted by atomic mass is 16.5. The molecule has 0 atom stereocenters. The molecule has 1 aromatic rings. The Bertz CT molecular complexity index is 337. The molecule has 0 amide bonds. The van der Waals surface area contributed by atoms with Crippen molar-refractivity contribution in [1.82, 2.24) is 9.97 Å². The Morgan fingerprint density at radius 2 is 2.27 bits per heavy atom. The van der Waals surface area contributed by atoms with Crippen LogP contribution in [0.3, 0.4) is 0 Å². The third-order valence-corrected chi connectivity index (χ3v) is 1.78. The molecule has 0 N–H and O–H groups in total. The highest BCUT2D eigenvalue weighted by Crippen LogP contribution is 2.04. The Balaban J connectivity index is 2.78. The maximum absolute atomic E-state index is 11.4. The van der Waals surface area contributed by atoms with Crippen molar-refractivity contribution >= 4 is 5.97 Å². The van der Waals surface area contributed by atoms with Gasteiger partial charge in [-0.25, -0.2) is 14.8 Å². The number of aromatic nitrogens is 2. The number of rotatable bonds is 4. The number of ether oxygens (including phenoxy) is 1. The Morgan fingerprint density at radius 3 is 2.87 bits per heavy atom. The molecule has 0 bridgehead atoms. The van der Waals surface area contributed by atoms with E-state index in [0.29, 0.717) is 24.0 Å². The first-order valence-corrected chi connectivity index (χ1v) is 5.12. The lowest BCUT2D eigenvalue weighted by Crippen LogP contribution is -2.10. The molecule has 0 spiro atoms. The van der Waals surface area contributed by atoms with E-state index in [1.165, 1.54) is 0 Å². The van der Waals surface area contributed by atoms with Gasteiger partial charge in [0.25, 0.3) is 0 Å². The second-order valence-electron chi connectivity index (χ2n) is 3.68. The molecule has 0 radical (unpaired) electrons. The first-order valence-electron chi connectivity index (χ1n) is 5.12. The fourth-order valence-corrected chi connectivity index (χ4v) is 1.18. The van der Waals surface area contributed by atoms with Gasteiger partial charge in [-0.2, -0.15) is 0 Å². The largest absolute Gasteiger partial charge is 0.461 e. The zero-order valence-corrected chi connectivity index (χ0v) is 9.36. The van der Waals surface area contributed by atoms with Gasteiger partial charge in [0.15, 0.2) is 5.69 Å². The van der Waals surface area contributed by atoms with E-state index in [0.717, 1.165) is 6.42 Å². The molecule has 1 aromatic heterocycles. The minimum absolute atomic E-state index is 0.336. The van der Waals surface area contributed by atoms with Crippen LogP contribution in [0, 0.1) is 5.92 Å². The lowest BCUT2D eigenvalue weighted by molar-refractivity contribution is 0.0518. The Hall–Kier alpha value is -1.45. The second-order valence-corrected chi connectivity index (χ2v) is 3.68. The van der Waals surface area contributed by atoms with Crippen molar-refractivity contribution in [3.63, 3.8) is 0 Å². The van der Waals surface area contributed by atoms with Gasteiger partial charge < -0.3 is 4.74 Å². The number of hydrogen-bond donors (Lipinski definition) is 0. The molecule has 0 aliphatic rings. The standard InChI is InChI=1S/C11H16N2O2/c1-4-15-11(14)9-5-6-12-10(13-9)7-8(2)3/h5-6,8H,4,7H2,1-3H3. The molecule has 4 heteroatoms. The maximum Gasteiger partial charge on any atom is 0.357 e. The van der Waals surface area contributed by atoms with Crippen molar-refractivity contribution in [2.45, 2.75) is 27.2 Å². The molecule has 0 aliphatic heterocycles. The van der Waals surface area contributed by atoms with E-state index in [2.05, 4.69) is 23.8 Å². The predicted octanol–water partition coefficient (Wildman–Crippen LogP) is 1.85. The van der Waals surface area contributed by atoms with Crippen LogP contribution in [-0.4, -0.2) is 22.5 Å². The van der Waals surface area contributed by atoms with Gasteiger partial charge >= 0.3 is 5.97 Å². The van der Waals surface area contributed by atoms with Crippen LogP contribution < -0.4 is 0 Å². The molecule has 1 heterocycles. The van der Waals surface area contributed by atoms with E-state index in [4.69, 9.17) is 4.74 Å². The summed E-state index contributed by atoms with van der Waals surface area (Å²) in [5, 5.41) is 0. The normalized spacial score (nSPS) is 10.4. The Morgan fingerprint density at radius 1 is 1.53 bits per heavy atom. The lowest BCUT2D eigenvalue weighted by atomic mass is 10.1. The van der Waals surface area contributed by atoms with Crippen molar-refractivity contribution in [3.8, 4) is 0 Å². The van der Waals surface area contributed by atoms with E-state index in [1.54, 1.807) is 19.2 Å². The molecule has 15 heavy (non-hydrogen) atoms. The minimum atomic E-state index is -0.384. The van der Waals surface area contributed by atoms with E-state index in [-0.39, 0.29) is 5.97 Å². The summed E-state index contributed by atoms with van der Waals surface area (Å²) in [5.41, 5.74) is 0.336. The van der Waals surface area contributed by atoms with Gasteiger partial charge in [-0.05, 0) is 18.9 Å². The van der Waals surface area contributed by atoms with Gasteiger partial charge in [0.05, 0.1) is 6.61 Å². The van der Waals surface area contributed by atoms with Crippen LogP contribution in [-0.2, 0) is 11.2 Å². The molecule has 4 nitrogen and oxygen atoms in total. The minimum Gasteiger partial charge on any atom is -0.461 e. The van der Waals surface area contributed by atoms with Gasteiger partial charge in [0.2, 0.25) is 0 Å². The van der Waals surface area contributed by atoms with Crippen LogP contribution in [0.5, 0.6) is 0 Å². The van der Waals surface area contributed by atoms with Gasteiger partial charge in [-0.1, -0.05) is 13.8 Å². The molecule has 0 fully saturated rings. The van der Waals surface area contributed by atoms with Crippen LogP contribution in [0.1, 0.15) is 37.1 Å². The fraction of sp³-hybridized carbons (Fsp3) is 0.545. The topological polar surface area (TPSA) is 52.1 Å². The van der Waals surface area contributed by atoms with E-state index >= 15 is 0 Å². The van der Waals surface area contributed by atoms with Crippen molar-refractivity contribution in [3.05, 3.63) is 23.8 Å². The number of carbonyl (C=O) groups excluding carboxylic acids is 1. The first-order chi connectivity index (χ1) is 7.13. The number of esters is 1. The van der Waals surface area contributed by atoms with Crippen molar-refractivity contribution in [1.29, 1.82) is 0 Å². The third kappa shape index (κ3) is 3.65. The molecule has 0 aromatic carbocycles. The van der Waals surface area contributed by atoms with E-state index < -0.39 is 0 Å². The lowest BCUT2D eigenvalue weighted by Gasteiger charge is -2.05. The fourth-order valence-electron chi connectivity index (χ4n) is 1.18. The Labute approximate surface area is 89.7 Å². The molecule has 0 unspecified atom stereocenters. The summed E-state index contributed by atoms with van der Waals surface area (Å²) in [5.74, 6) is 0.780. The quantitative estimate of drug-likeness (QED) is 0.708. The van der Waals surface area contributed by atoms with Gasteiger partial charge in [-0.15, -0.1) is 0 Å². The van der Waals surface area contributed by atoms with Crippen LogP contribution in [0.2, 0.25) is 0 Å². The molecular weight excluding hydrogens is 192 g/mol. The summed E-state index contributed by atoms with van der Waals surface area (Å²) < 4.78 is 4.86. The summed E-state index contributed by atoms with van der Waals surface area (Å²) in [7, 11) is 0. The SMILES string of the molecule is CCOC(=O)c1ccnc(CC(C)C)n1.